The van der Waals surface area contributed by atoms with Crippen LogP contribution in [0.3, 0.4) is 0 Å². The van der Waals surface area contributed by atoms with Crippen molar-refractivity contribution in [2.45, 2.75) is 117 Å². The number of hydrogen-bond donors (Lipinski definition) is 0. The summed E-state index contributed by atoms with van der Waals surface area (Å²) in [5.41, 5.74) is 0. The Bertz CT molecular complexity index is 155. The van der Waals surface area contributed by atoms with Gasteiger partial charge in [0.25, 0.3) is 0 Å². The van der Waals surface area contributed by atoms with Crippen LogP contribution < -0.4 is 12.4 Å². The molecule has 22 heavy (non-hydrogen) atoms. The molecule has 0 saturated carbocycles. The molecule has 0 saturated heterocycles. The molecular weight excluding hydrogens is 307 g/mol. The van der Waals surface area contributed by atoms with E-state index in [1.165, 1.54) is 103 Å². The molecule has 0 spiro atoms. The summed E-state index contributed by atoms with van der Waals surface area (Å²) in [6.45, 7) is 4.61. The van der Waals surface area contributed by atoms with E-state index in [-0.39, 0.29) is 12.4 Å². The van der Waals surface area contributed by atoms with Gasteiger partial charge in [0.05, 0.1) is 12.3 Å². The smallest absolute Gasteiger partial charge is 0.0549 e. The number of unbranched alkanes of at least 4 members (excludes halogenated alkanes) is 14. The van der Waals surface area contributed by atoms with E-state index in [0.717, 1.165) is 8.58 Å². The van der Waals surface area contributed by atoms with E-state index in [9.17, 15) is 0 Å². The van der Waals surface area contributed by atoms with Crippen LogP contribution in [0.1, 0.15) is 117 Å². The third-order valence-electron chi connectivity index (χ3n) is 4.52. The van der Waals surface area contributed by atoms with Crippen LogP contribution in [0.2, 0.25) is 0 Å². The first kappa shape index (κ1) is 25.0. The second-order valence-corrected chi connectivity index (χ2v) is 8.55. The molecule has 0 radical (unpaired) electrons. The highest BCUT2D eigenvalue weighted by atomic mass is 35.5. The molecule has 0 fully saturated rings. The fourth-order valence-corrected chi connectivity index (χ4v) is 4.54. The van der Waals surface area contributed by atoms with Crippen LogP contribution in [-0.4, -0.2) is 12.3 Å². The van der Waals surface area contributed by atoms with Crippen LogP contribution in [-0.2, 0) is 0 Å². The highest BCUT2D eigenvalue weighted by molar-refractivity contribution is 7.37. The molecule has 0 N–H and O–H groups in total. The number of halogens is 1. The van der Waals surface area contributed by atoms with Crippen LogP contribution in [0.15, 0.2) is 0 Å². The molecule has 0 bridgehead atoms. The minimum atomic E-state index is 0. The molecule has 0 aliphatic heterocycles. The van der Waals surface area contributed by atoms with Gasteiger partial charge in [-0.15, -0.1) is 0 Å². The second kappa shape index (κ2) is 24.0. The van der Waals surface area contributed by atoms with Crippen molar-refractivity contribution >= 4 is 8.58 Å². The molecule has 0 aromatic rings. The van der Waals surface area contributed by atoms with Crippen molar-refractivity contribution in [3.63, 3.8) is 0 Å². The van der Waals surface area contributed by atoms with E-state index in [1.807, 2.05) is 0 Å². The first-order chi connectivity index (χ1) is 10.4. The van der Waals surface area contributed by atoms with Gasteiger partial charge in [-0.1, -0.05) is 97.3 Å². The lowest BCUT2D eigenvalue weighted by Gasteiger charge is -2.02. The fourth-order valence-electron chi connectivity index (χ4n) is 2.98. The topological polar surface area (TPSA) is 0 Å². The summed E-state index contributed by atoms with van der Waals surface area (Å²) in [7, 11) is 0.794. The van der Waals surface area contributed by atoms with Crippen molar-refractivity contribution in [3.8, 4) is 0 Å². The van der Waals surface area contributed by atoms with Crippen LogP contribution in [0.5, 0.6) is 0 Å². The summed E-state index contributed by atoms with van der Waals surface area (Å²) >= 11 is 0. The summed E-state index contributed by atoms with van der Waals surface area (Å²) in [6, 6.07) is 0. The summed E-state index contributed by atoms with van der Waals surface area (Å²) in [4.78, 5) is 0. The van der Waals surface area contributed by atoms with Gasteiger partial charge < -0.3 is 12.4 Å². The average Bonchev–Trinajstić information content (AvgIpc) is 2.50. The largest absolute Gasteiger partial charge is 1.00 e. The lowest BCUT2D eigenvalue weighted by atomic mass is 10.0. The lowest BCUT2D eigenvalue weighted by Crippen LogP contribution is -3.00. The van der Waals surface area contributed by atoms with Crippen molar-refractivity contribution in [2.75, 3.05) is 12.3 Å². The maximum Gasteiger partial charge on any atom is 0.0549 e. The first-order valence-corrected chi connectivity index (χ1v) is 11.9. The molecule has 0 aliphatic rings. The molecule has 0 rings (SSSR count). The summed E-state index contributed by atoms with van der Waals surface area (Å²) in [5, 5.41) is 0. The minimum Gasteiger partial charge on any atom is -1.00 e. The molecule has 0 aliphatic carbocycles. The Labute approximate surface area is 150 Å². The normalized spacial score (nSPS) is 11.2. The van der Waals surface area contributed by atoms with Gasteiger partial charge in [-0.2, -0.15) is 0 Å². The quantitative estimate of drug-likeness (QED) is 0.248. The molecule has 0 nitrogen and oxygen atoms in total. The summed E-state index contributed by atoms with van der Waals surface area (Å²) in [6.07, 6.45) is 26.8. The van der Waals surface area contributed by atoms with Gasteiger partial charge in [0.15, 0.2) is 0 Å². The molecular formula is C20H44ClP. The Kier molecular flexibility index (Phi) is 27.2. The minimum absolute atomic E-state index is 0. The van der Waals surface area contributed by atoms with E-state index in [1.54, 1.807) is 12.3 Å². The number of rotatable bonds is 18. The molecule has 0 heterocycles. The van der Waals surface area contributed by atoms with Crippen LogP contribution in [0, 0.1) is 0 Å². The van der Waals surface area contributed by atoms with Crippen molar-refractivity contribution in [1.82, 2.24) is 0 Å². The third-order valence-corrected chi connectivity index (χ3v) is 6.16. The van der Waals surface area contributed by atoms with Gasteiger partial charge >= 0.3 is 0 Å². The van der Waals surface area contributed by atoms with Crippen molar-refractivity contribution in [1.29, 1.82) is 0 Å². The van der Waals surface area contributed by atoms with Gasteiger partial charge in [0.1, 0.15) is 0 Å². The van der Waals surface area contributed by atoms with Gasteiger partial charge in [0.2, 0.25) is 0 Å². The summed E-state index contributed by atoms with van der Waals surface area (Å²) < 4.78 is 0. The van der Waals surface area contributed by atoms with E-state index in [0.29, 0.717) is 0 Å². The first-order valence-electron chi connectivity index (χ1n) is 10.2. The van der Waals surface area contributed by atoms with Gasteiger partial charge in [-0.3, -0.25) is 0 Å². The maximum atomic E-state index is 2.31. The van der Waals surface area contributed by atoms with Crippen LogP contribution in [0.4, 0.5) is 0 Å². The van der Waals surface area contributed by atoms with E-state index in [4.69, 9.17) is 0 Å². The summed E-state index contributed by atoms with van der Waals surface area (Å²) in [5.74, 6) is 0. The average molecular weight is 351 g/mol. The highest BCUT2D eigenvalue weighted by Crippen LogP contribution is 2.17. The SMILES string of the molecule is CCCCCCCCCCCCCCCC[PH2+]CCCC.[Cl-]. The van der Waals surface area contributed by atoms with Crippen molar-refractivity contribution in [2.24, 2.45) is 0 Å². The second-order valence-electron chi connectivity index (χ2n) is 6.82. The predicted octanol–water partition coefficient (Wildman–Crippen LogP) is 4.68. The zero-order chi connectivity index (χ0) is 15.4. The molecule has 2 heteroatoms. The van der Waals surface area contributed by atoms with E-state index >= 15 is 0 Å². The third kappa shape index (κ3) is 23.0. The van der Waals surface area contributed by atoms with Gasteiger partial charge in [0, 0.05) is 0 Å². The van der Waals surface area contributed by atoms with Crippen molar-refractivity contribution in [3.05, 3.63) is 0 Å². The Hall–Kier alpha value is 0.720. The molecule has 0 aromatic heterocycles. The molecule has 1 atom stereocenters. The fraction of sp³-hybridized carbons (Fsp3) is 1.00. The Morgan fingerprint density at radius 2 is 0.727 bits per heavy atom. The lowest BCUT2D eigenvalue weighted by molar-refractivity contribution is -0.00000469. The monoisotopic (exact) mass is 350 g/mol. The van der Waals surface area contributed by atoms with Gasteiger partial charge in [-0.05, 0) is 27.8 Å². The van der Waals surface area contributed by atoms with Crippen molar-refractivity contribution < 1.29 is 12.4 Å². The Morgan fingerprint density at radius 3 is 1.14 bits per heavy atom. The molecule has 0 aromatic carbocycles. The number of hydrogen-bond acceptors (Lipinski definition) is 0. The van der Waals surface area contributed by atoms with E-state index < -0.39 is 0 Å². The van der Waals surface area contributed by atoms with Crippen LogP contribution in [0.25, 0.3) is 0 Å². The van der Waals surface area contributed by atoms with Crippen LogP contribution >= 0.6 is 8.58 Å². The zero-order valence-electron chi connectivity index (χ0n) is 15.7. The maximum absolute atomic E-state index is 2.31. The molecule has 136 valence electrons. The van der Waals surface area contributed by atoms with E-state index in [2.05, 4.69) is 13.8 Å². The Morgan fingerprint density at radius 1 is 0.409 bits per heavy atom. The molecule has 0 amide bonds. The zero-order valence-corrected chi connectivity index (χ0v) is 17.6. The highest BCUT2D eigenvalue weighted by Gasteiger charge is 1.96. The standard InChI is InChI=1S/C20H43P.ClH/c1-3-5-7-8-9-10-11-12-13-14-15-16-17-18-20-21-19-6-4-2;/h21H,3-20H2,1-2H3;1H. The molecule has 1 unspecified atom stereocenters. The van der Waals surface area contributed by atoms with Gasteiger partial charge in [-0.25, -0.2) is 0 Å². The Balaban J connectivity index is 0. The predicted molar refractivity (Wildman–Crippen MR) is 105 cm³/mol.